The molecular formula is C14H23Cl2FN2O. The molecule has 1 saturated heterocycles. The molecule has 0 unspecified atom stereocenters. The molecule has 20 heavy (non-hydrogen) atoms. The third kappa shape index (κ3) is 4.77. The summed E-state index contributed by atoms with van der Waals surface area (Å²) in [5.74, 6) is 0.807. The van der Waals surface area contributed by atoms with Crippen molar-refractivity contribution in [2.45, 2.75) is 13.0 Å². The fourth-order valence-corrected chi connectivity index (χ4v) is 2.41. The minimum absolute atomic E-state index is 0. The summed E-state index contributed by atoms with van der Waals surface area (Å²) >= 11 is 0. The molecule has 0 aliphatic carbocycles. The highest BCUT2D eigenvalue weighted by Crippen LogP contribution is 2.30. The van der Waals surface area contributed by atoms with E-state index in [1.165, 1.54) is 0 Å². The predicted molar refractivity (Wildman–Crippen MR) is 85.3 cm³/mol. The molecule has 2 rings (SSSR count). The van der Waals surface area contributed by atoms with E-state index in [1.54, 1.807) is 0 Å². The number of alkyl halides is 1. The first-order valence-electron chi connectivity index (χ1n) is 6.59. The number of ether oxygens (including phenoxy) is 1. The standard InChI is InChI=1S/C14H21FN2O.2ClH/c1-2-18-14-6-4-3-5-12(14)13(11-15)17-9-7-16-8-10-17;;/h3-6,13,16H,2,7-11H2,1H3;2*1H/t13-;;/m1../s1. The summed E-state index contributed by atoms with van der Waals surface area (Å²) < 4.78 is 19.0. The van der Waals surface area contributed by atoms with Crippen molar-refractivity contribution < 1.29 is 9.13 Å². The van der Waals surface area contributed by atoms with Gasteiger partial charge in [0.2, 0.25) is 0 Å². The molecule has 0 spiro atoms. The van der Waals surface area contributed by atoms with Gasteiger partial charge >= 0.3 is 0 Å². The summed E-state index contributed by atoms with van der Waals surface area (Å²) in [6.07, 6.45) is 0. The molecule has 1 heterocycles. The maximum absolute atomic E-state index is 13.4. The highest BCUT2D eigenvalue weighted by Gasteiger charge is 2.24. The Morgan fingerprint density at radius 3 is 2.50 bits per heavy atom. The number of hydrogen-bond donors (Lipinski definition) is 1. The number of piperazine rings is 1. The second-order valence-electron chi connectivity index (χ2n) is 4.43. The summed E-state index contributed by atoms with van der Waals surface area (Å²) in [5, 5.41) is 3.29. The summed E-state index contributed by atoms with van der Waals surface area (Å²) in [7, 11) is 0. The SMILES string of the molecule is CCOc1ccccc1[C@@H](CF)N1CCNCC1.Cl.Cl. The van der Waals surface area contributed by atoms with Gasteiger partial charge in [0, 0.05) is 31.7 Å². The van der Waals surface area contributed by atoms with E-state index in [0.717, 1.165) is 37.5 Å². The molecule has 1 aromatic rings. The summed E-state index contributed by atoms with van der Waals surface area (Å²) in [5.41, 5.74) is 0.962. The van der Waals surface area contributed by atoms with E-state index in [0.29, 0.717) is 6.61 Å². The van der Waals surface area contributed by atoms with Crippen LogP contribution in [-0.4, -0.2) is 44.4 Å². The molecule has 1 aliphatic rings. The number of halogens is 3. The van der Waals surface area contributed by atoms with Crippen LogP contribution in [0.4, 0.5) is 4.39 Å². The molecule has 0 radical (unpaired) electrons. The van der Waals surface area contributed by atoms with Gasteiger partial charge < -0.3 is 10.1 Å². The number of hydrogen-bond acceptors (Lipinski definition) is 3. The van der Waals surface area contributed by atoms with Crippen molar-refractivity contribution in [3.63, 3.8) is 0 Å². The molecule has 0 saturated carbocycles. The molecular weight excluding hydrogens is 302 g/mol. The van der Waals surface area contributed by atoms with E-state index in [2.05, 4.69) is 10.2 Å². The fraction of sp³-hybridized carbons (Fsp3) is 0.571. The molecule has 0 bridgehead atoms. The normalized spacial score (nSPS) is 16.7. The van der Waals surface area contributed by atoms with E-state index in [4.69, 9.17) is 4.74 Å². The van der Waals surface area contributed by atoms with Crippen LogP contribution in [0.2, 0.25) is 0 Å². The van der Waals surface area contributed by atoms with Crippen molar-refractivity contribution in [3.8, 4) is 5.75 Å². The molecule has 1 atom stereocenters. The molecule has 0 aromatic heterocycles. The maximum Gasteiger partial charge on any atom is 0.124 e. The topological polar surface area (TPSA) is 24.5 Å². The largest absolute Gasteiger partial charge is 0.494 e. The number of nitrogens with one attached hydrogen (secondary N) is 1. The highest BCUT2D eigenvalue weighted by atomic mass is 35.5. The zero-order valence-electron chi connectivity index (χ0n) is 11.7. The van der Waals surface area contributed by atoms with Crippen molar-refractivity contribution in [2.24, 2.45) is 0 Å². The zero-order valence-corrected chi connectivity index (χ0v) is 13.3. The minimum Gasteiger partial charge on any atom is -0.494 e. The van der Waals surface area contributed by atoms with Crippen LogP contribution >= 0.6 is 24.8 Å². The molecule has 1 fully saturated rings. The number of rotatable bonds is 5. The quantitative estimate of drug-likeness (QED) is 0.901. The summed E-state index contributed by atoms with van der Waals surface area (Å²) in [4.78, 5) is 2.19. The van der Waals surface area contributed by atoms with Gasteiger partial charge in [-0.05, 0) is 13.0 Å². The average Bonchev–Trinajstić information content (AvgIpc) is 2.43. The second-order valence-corrected chi connectivity index (χ2v) is 4.43. The van der Waals surface area contributed by atoms with Crippen molar-refractivity contribution in [1.82, 2.24) is 10.2 Å². The molecule has 0 amide bonds. The van der Waals surface area contributed by atoms with Crippen LogP contribution in [0.1, 0.15) is 18.5 Å². The second kappa shape index (κ2) is 10.2. The third-order valence-electron chi connectivity index (χ3n) is 3.32. The Kier molecular flexibility index (Phi) is 9.94. The van der Waals surface area contributed by atoms with Crippen LogP contribution in [0.5, 0.6) is 5.75 Å². The lowest BCUT2D eigenvalue weighted by molar-refractivity contribution is 0.144. The Balaban J connectivity index is 0.00000180. The van der Waals surface area contributed by atoms with Crippen LogP contribution in [0.3, 0.4) is 0 Å². The summed E-state index contributed by atoms with van der Waals surface area (Å²) in [6, 6.07) is 7.58. The highest BCUT2D eigenvalue weighted by molar-refractivity contribution is 5.85. The van der Waals surface area contributed by atoms with E-state index in [-0.39, 0.29) is 37.5 Å². The lowest BCUT2D eigenvalue weighted by atomic mass is 10.0. The van der Waals surface area contributed by atoms with Gasteiger partial charge in [-0.15, -0.1) is 24.8 Å². The lowest BCUT2D eigenvalue weighted by Crippen LogP contribution is -2.45. The van der Waals surface area contributed by atoms with Crippen molar-refractivity contribution in [2.75, 3.05) is 39.5 Å². The van der Waals surface area contributed by atoms with Gasteiger partial charge in [0.25, 0.3) is 0 Å². The average molecular weight is 325 g/mol. The van der Waals surface area contributed by atoms with Crippen LogP contribution < -0.4 is 10.1 Å². The minimum atomic E-state index is -0.371. The molecule has 1 N–H and O–H groups in total. The first kappa shape index (κ1) is 19.4. The van der Waals surface area contributed by atoms with Crippen LogP contribution in [0.25, 0.3) is 0 Å². The van der Waals surface area contributed by atoms with Crippen molar-refractivity contribution in [3.05, 3.63) is 29.8 Å². The van der Waals surface area contributed by atoms with E-state index in [9.17, 15) is 4.39 Å². The Bertz CT molecular complexity index is 376. The van der Waals surface area contributed by atoms with Gasteiger partial charge in [-0.3, -0.25) is 4.90 Å². The van der Waals surface area contributed by atoms with Gasteiger partial charge in [0.15, 0.2) is 0 Å². The first-order chi connectivity index (χ1) is 8.86. The summed E-state index contributed by atoms with van der Waals surface area (Å²) in [6.45, 7) is 5.80. The number of nitrogens with zero attached hydrogens (tertiary/aromatic N) is 1. The zero-order chi connectivity index (χ0) is 12.8. The van der Waals surface area contributed by atoms with Crippen LogP contribution in [0.15, 0.2) is 24.3 Å². The Morgan fingerprint density at radius 2 is 1.90 bits per heavy atom. The Labute approximate surface area is 132 Å². The molecule has 6 heteroatoms. The van der Waals surface area contributed by atoms with Gasteiger partial charge in [0.05, 0.1) is 12.6 Å². The van der Waals surface area contributed by atoms with E-state index in [1.807, 2.05) is 31.2 Å². The van der Waals surface area contributed by atoms with Gasteiger partial charge in [-0.2, -0.15) is 0 Å². The van der Waals surface area contributed by atoms with Crippen LogP contribution in [0, 0.1) is 0 Å². The number of benzene rings is 1. The molecule has 1 aliphatic heterocycles. The Morgan fingerprint density at radius 1 is 1.25 bits per heavy atom. The van der Waals surface area contributed by atoms with E-state index < -0.39 is 0 Å². The Hall–Kier alpha value is -0.550. The fourth-order valence-electron chi connectivity index (χ4n) is 2.41. The van der Waals surface area contributed by atoms with Crippen LogP contribution in [-0.2, 0) is 0 Å². The molecule has 3 nitrogen and oxygen atoms in total. The predicted octanol–water partition coefficient (Wildman–Crippen LogP) is 2.84. The van der Waals surface area contributed by atoms with Crippen molar-refractivity contribution in [1.29, 1.82) is 0 Å². The van der Waals surface area contributed by atoms with E-state index >= 15 is 0 Å². The monoisotopic (exact) mass is 324 g/mol. The van der Waals surface area contributed by atoms with Gasteiger partial charge in [0.1, 0.15) is 12.4 Å². The molecule has 1 aromatic carbocycles. The number of para-hydroxylation sites is 1. The van der Waals surface area contributed by atoms with Gasteiger partial charge in [-0.1, -0.05) is 18.2 Å². The smallest absolute Gasteiger partial charge is 0.124 e. The van der Waals surface area contributed by atoms with Gasteiger partial charge in [-0.25, -0.2) is 4.39 Å². The lowest BCUT2D eigenvalue weighted by Gasteiger charge is -2.34. The first-order valence-corrected chi connectivity index (χ1v) is 6.59. The van der Waals surface area contributed by atoms with Crippen molar-refractivity contribution >= 4 is 24.8 Å². The third-order valence-corrected chi connectivity index (χ3v) is 3.32. The molecule has 116 valence electrons. The maximum atomic E-state index is 13.4.